The summed E-state index contributed by atoms with van der Waals surface area (Å²) in [5.41, 5.74) is 0.669. The second kappa shape index (κ2) is 10.2. The normalized spacial score (nSPS) is 10.8. The quantitative estimate of drug-likeness (QED) is 0.551. The van der Waals surface area contributed by atoms with Crippen molar-refractivity contribution in [3.63, 3.8) is 0 Å². The molecule has 1 aromatic heterocycles. The number of carbonyl (C=O) groups excluding carboxylic acids is 1. The Hall–Kier alpha value is -2.68. The molecule has 0 saturated heterocycles. The number of nitrogens with one attached hydrogen (secondary N) is 1. The van der Waals surface area contributed by atoms with Crippen LogP contribution in [0.3, 0.4) is 0 Å². The fraction of sp³-hybridized carbons (Fsp3) is 0.250. The lowest BCUT2D eigenvalue weighted by atomic mass is 10.3. The number of rotatable bonds is 9. The molecule has 1 amide bonds. The summed E-state index contributed by atoms with van der Waals surface area (Å²) in [6.45, 7) is 1.78. The molecular formula is C20H21ClN4O3S. The largest absolute Gasteiger partial charge is 0.497 e. The Balaban J connectivity index is 1.46. The fourth-order valence-electron chi connectivity index (χ4n) is 2.45. The monoisotopic (exact) mass is 432 g/mol. The second-order valence-electron chi connectivity index (χ2n) is 6.23. The van der Waals surface area contributed by atoms with Crippen LogP contribution in [0.1, 0.15) is 14.8 Å². The van der Waals surface area contributed by atoms with Gasteiger partial charge in [-0.15, -0.1) is 10.2 Å². The van der Waals surface area contributed by atoms with E-state index >= 15 is 0 Å². The van der Waals surface area contributed by atoms with Gasteiger partial charge in [0.2, 0.25) is 5.01 Å². The molecule has 3 rings (SSSR count). The number of nitrogens with zero attached hydrogens (tertiary/aromatic N) is 3. The lowest BCUT2D eigenvalue weighted by Crippen LogP contribution is -2.23. The van der Waals surface area contributed by atoms with E-state index in [2.05, 4.69) is 20.4 Å². The van der Waals surface area contributed by atoms with Crippen LogP contribution in [0.2, 0.25) is 5.02 Å². The van der Waals surface area contributed by atoms with Crippen LogP contribution < -0.4 is 14.8 Å². The molecule has 0 radical (unpaired) electrons. The highest BCUT2D eigenvalue weighted by Crippen LogP contribution is 2.19. The van der Waals surface area contributed by atoms with Crippen LogP contribution in [0.25, 0.3) is 0 Å². The number of likely N-dealkylation sites (N-methyl/N-ethyl adjacent to an activating group) is 1. The lowest BCUT2D eigenvalue weighted by molar-refractivity contribution is 0.102. The van der Waals surface area contributed by atoms with Crippen molar-refractivity contribution >= 4 is 34.5 Å². The van der Waals surface area contributed by atoms with Crippen LogP contribution in [0.4, 0.5) is 5.69 Å². The van der Waals surface area contributed by atoms with Gasteiger partial charge in [-0.2, -0.15) is 0 Å². The first-order valence-electron chi connectivity index (χ1n) is 8.88. The van der Waals surface area contributed by atoms with Crippen molar-refractivity contribution in [1.82, 2.24) is 15.1 Å². The molecule has 0 aliphatic rings. The third-order valence-electron chi connectivity index (χ3n) is 3.95. The molecule has 0 bridgehead atoms. The zero-order chi connectivity index (χ0) is 20.6. The van der Waals surface area contributed by atoms with Crippen molar-refractivity contribution in [2.24, 2.45) is 0 Å². The Kier molecular flexibility index (Phi) is 7.40. The van der Waals surface area contributed by atoms with E-state index in [-0.39, 0.29) is 5.91 Å². The third-order valence-corrected chi connectivity index (χ3v) is 5.09. The molecule has 0 aliphatic carbocycles. The standard InChI is InChI=1S/C20H21ClN4O3S/c1-25(10-11-28-17-5-3-4-14(21)12-17)13-18-23-24-20(29-18)19(26)22-15-6-8-16(27-2)9-7-15/h3-9,12H,10-11,13H2,1-2H3,(H,22,26). The van der Waals surface area contributed by atoms with Crippen molar-refractivity contribution < 1.29 is 14.3 Å². The zero-order valence-electron chi connectivity index (χ0n) is 16.1. The summed E-state index contributed by atoms with van der Waals surface area (Å²) in [7, 11) is 3.55. The maximum atomic E-state index is 12.3. The minimum Gasteiger partial charge on any atom is -0.497 e. The van der Waals surface area contributed by atoms with E-state index in [0.29, 0.717) is 35.4 Å². The number of anilines is 1. The molecule has 0 aliphatic heterocycles. The van der Waals surface area contributed by atoms with Gasteiger partial charge in [0.25, 0.3) is 5.91 Å². The molecule has 0 spiro atoms. The Labute approximate surface area is 178 Å². The maximum absolute atomic E-state index is 12.3. The van der Waals surface area contributed by atoms with Crippen LogP contribution in [0.15, 0.2) is 48.5 Å². The van der Waals surface area contributed by atoms with Crippen molar-refractivity contribution in [2.45, 2.75) is 6.54 Å². The highest BCUT2D eigenvalue weighted by atomic mass is 35.5. The molecule has 1 heterocycles. The average molecular weight is 433 g/mol. The SMILES string of the molecule is COc1ccc(NC(=O)c2nnc(CN(C)CCOc3cccc(Cl)c3)s2)cc1. The van der Waals surface area contributed by atoms with Crippen molar-refractivity contribution in [2.75, 3.05) is 32.6 Å². The number of hydrogen-bond donors (Lipinski definition) is 1. The average Bonchev–Trinajstić information content (AvgIpc) is 3.17. The number of amides is 1. The van der Waals surface area contributed by atoms with Gasteiger partial charge in [0.05, 0.1) is 13.7 Å². The van der Waals surface area contributed by atoms with E-state index in [1.807, 2.05) is 19.2 Å². The van der Waals surface area contributed by atoms with E-state index in [4.69, 9.17) is 21.1 Å². The molecule has 0 fully saturated rings. The van der Waals surface area contributed by atoms with Gasteiger partial charge < -0.3 is 14.8 Å². The number of carbonyl (C=O) groups is 1. The molecule has 7 nitrogen and oxygen atoms in total. The van der Waals surface area contributed by atoms with Crippen LogP contribution >= 0.6 is 22.9 Å². The molecule has 152 valence electrons. The Bertz CT molecular complexity index is 949. The summed E-state index contributed by atoms with van der Waals surface area (Å²) in [5.74, 6) is 1.17. The summed E-state index contributed by atoms with van der Waals surface area (Å²) in [4.78, 5) is 14.4. The van der Waals surface area contributed by atoms with Gasteiger partial charge in [0.15, 0.2) is 0 Å². The molecule has 3 aromatic rings. The molecule has 0 saturated carbocycles. The number of benzene rings is 2. The summed E-state index contributed by atoms with van der Waals surface area (Å²) >= 11 is 7.21. The van der Waals surface area contributed by atoms with Gasteiger partial charge >= 0.3 is 0 Å². The minimum atomic E-state index is -0.286. The molecule has 1 N–H and O–H groups in total. The van der Waals surface area contributed by atoms with Gasteiger partial charge in [-0.3, -0.25) is 9.69 Å². The van der Waals surface area contributed by atoms with Gasteiger partial charge in [-0.25, -0.2) is 0 Å². The molecule has 29 heavy (non-hydrogen) atoms. The minimum absolute atomic E-state index is 0.286. The number of ether oxygens (including phenoxy) is 2. The van der Waals surface area contributed by atoms with Crippen LogP contribution in [0.5, 0.6) is 11.5 Å². The predicted molar refractivity (Wildman–Crippen MR) is 114 cm³/mol. The molecular weight excluding hydrogens is 412 g/mol. The highest BCUT2D eigenvalue weighted by molar-refractivity contribution is 7.13. The van der Waals surface area contributed by atoms with Crippen molar-refractivity contribution in [3.8, 4) is 11.5 Å². The predicted octanol–water partition coefficient (Wildman–Crippen LogP) is 3.96. The van der Waals surface area contributed by atoms with E-state index in [0.717, 1.165) is 16.5 Å². The van der Waals surface area contributed by atoms with E-state index in [1.165, 1.54) is 11.3 Å². The first kappa shape index (κ1) is 21.0. The maximum Gasteiger partial charge on any atom is 0.286 e. The lowest BCUT2D eigenvalue weighted by Gasteiger charge is -2.15. The number of methoxy groups -OCH3 is 1. The summed E-state index contributed by atoms with van der Waals surface area (Å²) in [6, 6.07) is 14.4. The number of halogens is 1. The number of hydrogen-bond acceptors (Lipinski definition) is 7. The first-order chi connectivity index (χ1) is 14.0. The van der Waals surface area contributed by atoms with Gasteiger partial charge in [0, 0.05) is 17.3 Å². The van der Waals surface area contributed by atoms with E-state index < -0.39 is 0 Å². The third kappa shape index (κ3) is 6.42. The van der Waals surface area contributed by atoms with Gasteiger partial charge in [-0.1, -0.05) is 29.0 Å². The highest BCUT2D eigenvalue weighted by Gasteiger charge is 2.14. The van der Waals surface area contributed by atoms with E-state index in [9.17, 15) is 4.79 Å². The summed E-state index contributed by atoms with van der Waals surface area (Å²) in [5, 5.41) is 12.6. The van der Waals surface area contributed by atoms with Crippen molar-refractivity contribution in [1.29, 1.82) is 0 Å². The summed E-state index contributed by atoms with van der Waals surface area (Å²) < 4.78 is 10.8. The number of aromatic nitrogens is 2. The topological polar surface area (TPSA) is 76.6 Å². The molecule has 2 aromatic carbocycles. The second-order valence-corrected chi connectivity index (χ2v) is 7.73. The smallest absolute Gasteiger partial charge is 0.286 e. The van der Waals surface area contributed by atoms with E-state index in [1.54, 1.807) is 43.5 Å². The molecule has 0 unspecified atom stereocenters. The van der Waals surface area contributed by atoms with Gasteiger partial charge in [-0.05, 0) is 49.5 Å². The summed E-state index contributed by atoms with van der Waals surface area (Å²) in [6.07, 6.45) is 0. The van der Waals surface area contributed by atoms with Crippen LogP contribution in [-0.4, -0.2) is 48.3 Å². The van der Waals surface area contributed by atoms with Gasteiger partial charge in [0.1, 0.15) is 23.1 Å². The van der Waals surface area contributed by atoms with Crippen LogP contribution in [-0.2, 0) is 6.54 Å². The Morgan fingerprint density at radius 3 is 2.69 bits per heavy atom. The Morgan fingerprint density at radius 2 is 1.97 bits per heavy atom. The Morgan fingerprint density at radius 1 is 1.17 bits per heavy atom. The van der Waals surface area contributed by atoms with Crippen molar-refractivity contribution in [3.05, 3.63) is 63.6 Å². The van der Waals surface area contributed by atoms with Crippen LogP contribution in [0, 0.1) is 0 Å². The molecule has 0 atom stereocenters. The fourth-order valence-corrected chi connectivity index (χ4v) is 3.45. The molecule has 9 heteroatoms. The first-order valence-corrected chi connectivity index (χ1v) is 10.1. The zero-order valence-corrected chi connectivity index (χ0v) is 17.7.